The normalized spacial score (nSPS) is 14.2. The summed E-state index contributed by atoms with van der Waals surface area (Å²) >= 11 is 12.4. The highest BCUT2D eigenvalue weighted by Gasteiger charge is 2.28. The largest absolute Gasteiger partial charge is 0.318 e. The maximum Gasteiger partial charge on any atom is 0.0654 e. The monoisotopic (exact) mass is 293 g/mol. The highest BCUT2D eigenvalue weighted by atomic mass is 35.5. The number of nitrogens with two attached hydrogens (primary N) is 1. The van der Waals surface area contributed by atoms with Gasteiger partial charge in [0.15, 0.2) is 0 Å². The molecule has 0 spiro atoms. The molecule has 0 aliphatic carbocycles. The molecule has 0 saturated carbocycles. The Hall–Kier alpha value is -1.02. The van der Waals surface area contributed by atoms with E-state index in [1.165, 1.54) is 5.56 Å². The Morgan fingerprint density at radius 1 is 0.947 bits per heavy atom. The predicted molar refractivity (Wildman–Crippen MR) is 83.0 cm³/mol. The first-order chi connectivity index (χ1) is 8.82. The van der Waals surface area contributed by atoms with Crippen molar-refractivity contribution in [3.63, 3.8) is 0 Å². The van der Waals surface area contributed by atoms with E-state index < -0.39 is 5.54 Å². The highest BCUT2D eigenvalue weighted by molar-refractivity contribution is 6.33. The molecule has 0 radical (unpaired) electrons. The van der Waals surface area contributed by atoms with Crippen LogP contribution in [-0.2, 0) is 5.54 Å². The van der Waals surface area contributed by atoms with Crippen LogP contribution in [-0.4, -0.2) is 0 Å². The van der Waals surface area contributed by atoms with Crippen LogP contribution < -0.4 is 5.73 Å². The number of rotatable bonds is 2. The van der Waals surface area contributed by atoms with E-state index in [4.69, 9.17) is 28.9 Å². The highest BCUT2D eigenvalue weighted by Crippen LogP contribution is 2.35. The van der Waals surface area contributed by atoms with Crippen LogP contribution in [0.25, 0.3) is 0 Å². The van der Waals surface area contributed by atoms with E-state index in [-0.39, 0.29) is 0 Å². The lowest BCUT2D eigenvalue weighted by molar-refractivity contribution is 0.598. The molecule has 0 amide bonds. The number of hydrogen-bond donors (Lipinski definition) is 1. The molecule has 2 aromatic carbocycles. The van der Waals surface area contributed by atoms with Gasteiger partial charge in [0.2, 0.25) is 0 Å². The lowest BCUT2D eigenvalue weighted by atomic mass is 9.82. The van der Waals surface area contributed by atoms with Gasteiger partial charge in [0, 0.05) is 10.0 Å². The minimum absolute atomic E-state index is 0.635. The Labute approximate surface area is 124 Å². The predicted octanol–water partition coefficient (Wildman–Crippen LogP) is 4.83. The third kappa shape index (κ3) is 2.79. The van der Waals surface area contributed by atoms with Crippen LogP contribution in [0.1, 0.15) is 29.2 Å². The molecule has 1 nitrogen and oxygen atoms in total. The molecule has 1 unspecified atom stereocenters. The topological polar surface area (TPSA) is 26.0 Å². The fraction of sp³-hybridized carbons (Fsp3) is 0.250. The molecule has 19 heavy (non-hydrogen) atoms. The molecule has 0 bridgehead atoms. The Bertz CT molecular complexity index is 565. The Morgan fingerprint density at radius 3 is 2.32 bits per heavy atom. The molecule has 1 atom stereocenters. The maximum atomic E-state index is 6.56. The molecule has 2 rings (SSSR count). The minimum Gasteiger partial charge on any atom is -0.318 e. The molecule has 2 aromatic rings. The number of aryl methyl sites for hydroxylation is 2. The van der Waals surface area contributed by atoms with Crippen molar-refractivity contribution in [1.82, 2.24) is 0 Å². The van der Waals surface area contributed by atoms with Crippen molar-refractivity contribution in [3.05, 3.63) is 68.7 Å². The standard InChI is InChI=1S/C16H17Cl2N/c1-10-4-5-11(2)13(8-10)16(3,19)14-9-12(17)6-7-15(14)18/h4-9H,19H2,1-3H3. The van der Waals surface area contributed by atoms with Crippen LogP contribution in [0, 0.1) is 13.8 Å². The van der Waals surface area contributed by atoms with Gasteiger partial charge in [-0.25, -0.2) is 0 Å². The lowest BCUT2D eigenvalue weighted by Crippen LogP contribution is -2.35. The summed E-state index contributed by atoms with van der Waals surface area (Å²) < 4.78 is 0. The van der Waals surface area contributed by atoms with E-state index in [1.54, 1.807) is 12.1 Å². The first-order valence-electron chi connectivity index (χ1n) is 6.14. The number of hydrogen-bond acceptors (Lipinski definition) is 1. The van der Waals surface area contributed by atoms with Gasteiger partial charge in [-0.15, -0.1) is 0 Å². The number of benzene rings is 2. The fourth-order valence-corrected chi connectivity index (χ4v) is 2.82. The van der Waals surface area contributed by atoms with Crippen LogP contribution in [0.5, 0.6) is 0 Å². The van der Waals surface area contributed by atoms with E-state index in [9.17, 15) is 0 Å². The van der Waals surface area contributed by atoms with E-state index in [0.717, 1.165) is 16.7 Å². The molecule has 100 valence electrons. The third-order valence-electron chi connectivity index (χ3n) is 3.44. The average molecular weight is 294 g/mol. The van der Waals surface area contributed by atoms with Gasteiger partial charge in [0.05, 0.1) is 5.54 Å². The third-order valence-corrected chi connectivity index (χ3v) is 4.01. The average Bonchev–Trinajstić information content (AvgIpc) is 2.35. The van der Waals surface area contributed by atoms with Gasteiger partial charge in [-0.05, 0) is 55.7 Å². The second-order valence-electron chi connectivity index (χ2n) is 5.14. The Morgan fingerprint density at radius 2 is 1.63 bits per heavy atom. The molecule has 0 fully saturated rings. The summed E-state index contributed by atoms with van der Waals surface area (Å²) in [5, 5.41) is 1.27. The van der Waals surface area contributed by atoms with Crippen molar-refractivity contribution in [2.24, 2.45) is 5.73 Å². The summed E-state index contributed by atoms with van der Waals surface area (Å²) in [5.41, 5.74) is 10.1. The van der Waals surface area contributed by atoms with Crippen molar-refractivity contribution >= 4 is 23.2 Å². The van der Waals surface area contributed by atoms with Crippen molar-refractivity contribution in [1.29, 1.82) is 0 Å². The summed E-state index contributed by atoms with van der Waals surface area (Å²) in [6.07, 6.45) is 0. The Balaban J connectivity index is 2.64. The fourth-order valence-electron chi connectivity index (χ4n) is 2.34. The SMILES string of the molecule is Cc1ccc(C)c(C(C)(N)c2cc(Cl)ccc2Cl)c1. The van der Waals surface area contributed by atoms with Crippen LogP contribution in [0.2, 0.25) is 10.0 Å². The molecule has 0 saturated heterocycles. The lowest BCUT2D eigenvalue weighted by Gasteiger charge is -2.29. The smallest absolute Gasteiger partial charge is 0.0654 e. The maximum absolute atomic E-state index is 6.56. The quantitative estimate of drug-likeness (QED) is 0.843. The van der Waals surface area contributed by atoms with Gasteiger partial charge in [-0.1, -0.05) is 47.0 Å². The molecule has 2 N–H and O–H groups in total. The zero-order valence-corrected chi connectivity index (χ0v) is 12.8. The molecule has 3 heteroatoms. The molecule has 0 aliphatic rings. The zero-order chi connectivity index (χ0) is 14.2. The molecular formula is C16H17Cl2N. The van der Waals surface area contributed by atoms with Crippen LogP contribution in [0.4, 0.5) is 0 Å². The first-order valence-corrected chi connectivity index (χ1v) is 6.90. The molecule has 0 aliphatic heterocycles. The van der Waals surface area contributed by atoms with Crippen molar-refractivity contribution in [3.8, 4) is 0 Å². The van der Waals surface area contributed by atoms with Gasteiger partial charge >= 0.3 is 0 Å². The van der Waals surface area contributed by atoms with Crippen LogP contribution in [0.15, 0.2) is 36.4 Å². The summed E-state index contributed by atoms with van der Waals surface area (Å²) in [6.45, 7) is 6.07. The van der Waals surface area contributed by atoms with E-state index in [2.05, 4.69) is 32.0 Å². The molecular weight excluding hydrogens is 277 g/mol. The number of halogens is 2. The van der Waals surface area contributed by atoms with Gasteiger partial charge in [-0.2, -0.15) is 0 Å². The van der Waals surface area contributed by atoms with E-state index in [1.807, 2.05) is 13.0 Å². The minimum atomic E-state index is -0.669. The van der Waals surface area contributed by atoms with Crippen LogP contribution >= 0.6 is 23.2 Å². The molecule has 0 heterocycles. The van der Waals surface area contributed by atoms with Crippen molar-refractivity contribution < 1.29 is 0 Å². The van der Waals surface area contributed by atoms with Crippen LogP contribution in [0.3, 0.4) is 0 Å². The van der Waals surface area contributed by atoms with E-state index >= 15 is 0 Å². The summed E-state index contributed by atoms with van der Waals surface area (Å²) in [4.78, 5) is 0. The summed E-state index contributed by atoms with van der Waals surface area (Å²) in [7, 11) is 0. The van der Waals surface area contributed by atoms with Gasteiger partial charge in [0.25, 0.3) is 0 Å². The zero-order valence-electron chi connectivity index (χ0n) is 11.3. The van der Waals surface area contributed by atoms with Gasteiger partial charge in [0.1, 0.15) is 0 Å². The van der Waals surface area contributed by atoms with E-state index in [0.29, 0.717) is 10.0 Å². The summed E-state index contributed by atoms with van der Waals surface area (Å²) in [5.74, 6) is 0. The second kappa shape index (κ2) is 5.16. The summed E-state index contributed by atoms with van der Waals surface area (Å²) in [6, 6.07) is 11.7. The van der Waals surface area contributed by atoms with Crippen molar-refractivity contribution in [2.75, 3.05) is 0 Å². The van der Waals surface area contributed by atoms with Gasteiger partial charge in [-0.3, -0.25) is 0 Å². The second-order valence-corrected chi connectivity index (χ2v) is 5.99. The molecule has 0 aromatic heterocycles. The van der Waals surface area contributed by atoms with Gasteiger partial charge < -0.3 is 5.73 Å². The first kappa shape index (κ1) is 14.4. The van der Waals surface area contributed by atoms with Crippen molar-refractivity contribution in [2.45, 2.75) is 26.3 Å². The Kier molecular flexibility index (Phi) is 3.91.